The molecule has 1 aromatic carbocycles. The van der Waals surface area contributed by atoms with Gasteiger partial charge in [-0.15, -0.1) is 0 Å². The van der Waals surface area contributed by atoms with Crippen LogP contribution in [0.2, 0.25) is 0 Å². The smallest absolute Gasteiger partial charge is 0.0366 e. The van der Waals surface area contributed by atoms with E-state index >= 15 is 0 Å². The van der Waals surface area contributed by atoms with Crippen LogP contribution in [0.4, 0.5) is 5.69 Å². The van der Waals surface area contributed by atoms with E-state index in [4.69, 9.17) is 0 Å². The van der Waals surface area contributed by atoms with E-state index in [1.807, 2.05) is 0 Å². The minimum absolute atomic E-state index is 0.237. The van der Waals surface area contributed by atoms with Crippen molar-refractivity contribution in [1.82, 2.24) is 5.32 Å². The summed E-state index contributed by atoms with van der Waals surface area (Å²) in [7, 11) is 0. The number of hydrogen-bond donors (Lipinski definition) is 1. The van der Waals surface area contributed by atoms with Crippen molar-refractivity contribution >= 4 is 5.69 Å². The third kappa shape index (κ3) is 3.99. The molecule has 2 nitrogen and oxygen atoms in total. The summed E-state index contributed by atoms with van der Waals surface area (Å²) in [4.78, 5) is 2.55. The quantitative estimate of drug-likeness (QED) is 0.838. The highest BCUT2D eigenvalue weighted by molar-refractivity contribution is 5.48. The van der Waals surface area contributed by atoms with Crippen molar-refractivity contribution in [3.63, 3.8) is 0 Å². The van der Waals surface area contributed by atoms with Crippen LogP contribution in [0.1, 0.15) is 46.6 Å². The van der Waals surface area contributed by atoms with Gasteiger partial charge in [0, 0.05) is 24.8 Å². The zero-order chi connectivity index (χ0) is 14.8. The van der Waals surface area contributed by atoms with Gasteiger partial charge in [0.05, 0.1) is 0 Å². The molecule has 0 spiro atoms. The van der Waals surface area contributed by atoms with Crippen molar-refractivity contribution in [2.45, 2.75) is 52.5 Å². The monoisotopic (exact) mass is 274 g/mol. The lowest BCUT2D eigenvalue weighted by Crippen LogP contribution is -2.42. The molecular formula is C18H30N2. The van der Waals surface area contributed by atoms with Gasteiger partial charge in [-0.1, -0.05) is 39.8 Å². The predicted molar refractivity (Wildman–Crippen MR) is 88.6 cm³/mol. The molecule has 2 heteroatoms. The van der Waals surface area contributed by atoms with Gasteiger partial charge in [-0.05, 0) is 48.9 Å². The third-order valence-corrected chi connectivity index (χ3v) is 4.28. The Morgan fingerprint density at radius 1 is 1.10 bits per heavy atom. The summed E-state index contributed by atoms with van der Waals surface area (Å²) in [6, 6.07) is 9.80. The Labute approximate surface area is 124 Å². The standard InChI is InChI=1S/C18H30N2/c1-14-12-19-15(2)10-11-20(13-14)17-8-6-16(7-9-17)18(3,4)5/h6-9,14-15,19H,10-13H2,1-5H3. The highest BCUT2D eigenvalue weighted by Crippen LogP contribution is 2.25. The molecule has 1 saturated heterocycles. The highest BCUT2D eigenvalue weighted by Gasteiger charge is 2.18. The predicted octanol–water partition coefficient (Wildman–Crippen LogP) is 3.81. The van der Waals surface area contributed by atoms with E-state index in [1.165, 1.54) is 17.7 Å². The molecule has 20 heavy (non-hydrogen) atoms. The molecule has 2 unspecified atom stereocenters. The molecule has 0 aromatic heterocycles. The second-order valence-corrected chi connectivity index (χ2v) is 7.45. The first-order chi connectivity index (χ1) is 9.36. The second-order valence-electron chi connectivity index (χ2n) is 7.45. The fourth-order valence-electron chi connectivity index (χ4n) is 2.79. The van der Waals surface area contributed by atoms with Gasteiger partial charge < -0.3 is 10.2 Å². The van der Waals surface area contributed by atoms with E-state index in [1.54, 1.807) is 0 Å². The molecule has 0 bridgehead atoms. The fourth-order valence-corrected chi connectivity index (χ4v) is 2.79. The molecule has 1 N–H and O–H groups in total. The van der Waals surface area contributed by atoms with Gasteiger partial charge >= 0.3 is 0 Å². The van der Waals surface area contributed by atoms with Gasteiger partial charge in [0.25, 0.3) is 0 Å². The maximum Gasteiger partial charge on any atom is 0.0366 e. The maximum atomic E-state index is 3.61. The Bertz CT molecular complexity index is 416. The van der Waals surface area contributed by atoms with Crippen LogP contribution in [0, 0.1) is 5.92 Å². The van der Waals surface area contributed by atoms with Gasteiger partial charge in [0.15, 0.2) is 0 Å². The molecular weight excluding hydrogens is 244 g/mol. The molecule has 0 saturated carbocycles. The van der Waals surface area contributed by atoms with Crippen LogP contribution in [0.25, 0.3) is 0 Å². The van der Waals surface area contributed by atoms with Gasteiger partial charge in [-0.3, -0.25) is 0 Å². The number of nitrogens with zero attached hydrogens (tertiary/aromatic N) is 1. The molecule has 112 valence electrons. The summed E-state index contributed by atoms with van der Waals surface area (Å²) in [5.41, 5.74) is 3.02. The molecule has 1 aromatic rings. The summed E-state index contributed by atoms with van der Waals surface area (Å²) < 4.78 is 0. The van der Waals surface area contributed by atoms with Crippen molar-refractivity contribution < 1.29 is 0 Å². The number of benzene rings is 1. The van der Waals surface area contributed by atoms with Crippen LogP contribution in [0.5, 0.6) is 0 Å². The van der Waals surface area contributed by atoms with E-state index in [2.05, 4.69) is 69.1 Å². The first-order valence-electron chi connectivity index (χ1n) is 7.95. The molecule has 1 heterocycles. The number of hydrogen-bond acceptors (Lipinski definition) is 2. The average Bonchev–Trinajstić information content (AvgIpc) is 2.38. The van der Waals surface area contributed by atoms with Crippen LogP contribution < -0.4 is 10.2 Å². The summed E-state index contributed by atoms with van der Waals surface area (Å²) in [6.07, 6.45) is 1.22. The minimum Gasteiger partial charge on any atom is -0.371 e. The van der Waals surface area contributed by atoms with Crippen LogP contribution in [-0.2, 0) is 5.41 Å². The Balaban J connectivity index is 2.12. The largest absolute Gasteiger partial charge is 0.371 e. The van der Waals surface area contributed by atoms with E-state index in [9.17, 15) is 0 Å². The Kier molecular flexibility index (Phi) is 4.74. The summed E-state index contributed by atoms with van der Waals surface area (Å²) in [5.74, 6) is 0.694. The Morgan fingerprint density at radius 3 is 2.35 bits per heavy atom. The fraction of sp³-hybridized carbons (Fsp3) is 0.667. The SMILES string of the molecule is CC1CNC(C)CCN(c2ccc(C(C)(C)C)cc2)C1. The van der Waals surface area contributed by atoms with Crippen molar-refractivity contribution in [2.75, 3.05) is 24.5 Å². The lowest BCUT2D eigenvalue weighted by atomic mass is 9.87. The average molecular weight is 274 g/mol. The summed E-state index contributed by atoms with van der Waals surface area (Å²) >= 11 is 0. The van der Waals surface area contributed by atoms with E-state index in [0.717, 1.165) is 19.6 Å². The molecule has 0 radical (unpaired) electrons. The van der Waals surface area contributed by atoms with Crippen molar-refractivity contribution in [3.8, 4) is 0 Å². The van der Waals surface area contributed by atoms with E-state index in [-0.39, 0.29) is 5.41 Å². The molecule has 1 fully saturated rings. The van der Waals surface area contributed by atoms with E-state index < -0.39 is 0 Å². The van der Waals surface area contributed by atoms with E-state index in [0.29, 0.717) is 12.0 Å². The molecule has 1 aliphatic heterocycles. The number of anilines is 1. The Morgan fingerprint density at radius 2 is 1.75 bits per heavy atom. The normalized spacial score (nSPS) is 25.1. The second kappa shape index (κ2) is 6.17. The lowest BCUT2D eigenvalue weighted by Gasteiger charge is -2.33. The van der Waals surface area contributed by atoms with Crippen LogP contribution in [-0.4, -0.2) is 25.7 Å². The first kappa shape index (κ1) is 15.4. The van der Waals surface area contributed by atoms with Crippen molar-refractivity contribution in [3.05, 3.63) is 29.8 Å². The molecule has 2 atom stereocenters. The zero-order valence-electron chi connectivity index (χ0n) is 13.7. The molecule has 0 amide bonds. The topological polar surface area (TPSA) is 15.3 Å². The zero-order valence-corrected chi connectivity index (χ0v) is 13.7. The third-order valence-electron chi connectivity index (χ3n) is 4.28. The van der Waals surface area contributed by atoms with Crippen molar-refractivity contribution in [1.29, 1.82) is 0 Å². The Hall–Kier alpha value is -1.02. The van der Waals surface area contributed by atoms with Gasteiger partial charge in [-0.25, -0.2) is 0 Å². The number of nitrogens with one attached hydrogen (secondary N) is 1. The molecule has 1 aliphatic rings. The summed E-state index contributed by atoms with van der Waals surface area (Å²) in [5, 5.41) is 3.61. The minimum atomic E-state index is 0.237. The van der Waals surface area contributed by atoms with Crippen LogP contribution in [0.15, 0.2) is 24.3 Å². The van der Waals surface area contributed by atoms with Crippen molar-refractivity contribution in [2.24, 2.45) is 5.92 Å². The van der Waals surface area contributed by atoms with Gasteiger partial charge in [0.1, 0.15) is 0 Å². The number of rotatable bonds is 1. The highest BCUT2D eigenvalue weighted by atomic mass is 15.1. The van der Waals surface area contributed by atoms with Crippen LogP contribution >= 0.6 is 0 Å². The van der Waals surface area contributed by atoms with Crippen LogP contribution in [0.3, 0.4) is 0 Å². The van der Waals surface area contributed by atoms with Gasteiger partial charge in [-0.2, -0.15) is 0 Å². The first-order valence-corrected chi connectivity index (χ1v) is 7.95. The summed E-state index contributed by atoms with van der Waals surface area (Å²) in [6.45, 7) is 14.9. The molecule has 2 rings (SSSR count). The lowest BCUT2D eigenvalue weighted by molar-refractivity contribution is 0.411. The van der Waals surface area contributed by atoms with Gasteiger partial charge in [0.2, 0.25) is 0 Å². The maximum absolute atomic E-state index is 3.61. The molecule has 0 aliphatic carbocycles.